The van der Waals surface area contributed by atoms with E-state index < -0.39 is 0 Å². The summed E-state index contributed by atoms with van der Waals surface area (Å²) in [5.74, 6) is 0. The Morgan fingerprint density at radius 3 is 2.22 bits per heavy atom. The van der Waals surface area contributed by atoms with Crippen molar-refractivity contribution in [2.75, 3.05) is 0 Å². The molecule has 0 unspecified atom stereocenters. The average Bonchev–Trinajstić information content (AvgIpc) is 3.22. The van der Waals surface area contributed by atoms with E-state index in [2.05, 4.69) is 71.1 Å². The molecule has 0 spiro atoms. The van der Waals surface area contributed by atoms with Crippen molar-refractivity contribution in [1.82, 2.24) is 0 Å². The molecule has 5 rings (SSSR count). The van der Waals surface area contributed by atoms with Gasteiger partial charge in [-0.15, -0.1) is 37.9 Å². The van der Waals surface area contributed by atoms with Crippen LogP contribution in [0.5, 0.6) is 0 Å². The van der Waals surface area contributed by atoms with Crippen LogP contribution in [0.4, 0.5) is 0 Å². The fourth-order valence-corrected chi connectivity index (χ4v) is 6.42. The summed E-state index contributed by atoms with van der Waals surface area (Å²) in [4.78, 5) is 3.06. The molecule has 4 heteroatoms. The number of thiol groups is 3. The Balaban J connectivity index is 1.73. The monoisotopic (exact) mass is 470 g/mol. The highest BCUT2D eigenvalue weighted by molar-refractivity contribution is 7.83. The average molecular weight is 471 g/mol. The largest absolute Gasteiger partial charge is 0.143 e. The zero-order valence-electron chi connectivity index (χ0n) is 19.0. The van der Waals surface area contributed by atoms with Gasteiger partial charge in [0, 0.05) is 14.7 Å². The maximum absolute atomic E-state index is 5.10. The lowest BCUT2D eigenvalue weighted by atomic mass is 9.83. The first-order chi connectivity index (χ1) is 15.3. The second-order valence-electron chi connectivity index (χ2n) is 9.04. The van der Waals surface area contributed by atoms with E-state index in [0.717, 1.165) is 33.9 Å². The predicted octanol–water partition coefficient (Wildman–Crippen LogP) is 6.71. The molecule has 3 aromatic carbocycles. The molecular weight excluding hydrogens is 443 g/mol. The van der Waals surface area contributed by atoms with E-state index in [1.807, 2.05) is 0 Å². The lowest BCUT2D eigenvalue weighted by Gasteiger charge is -2.20. The normalized spacial score (nSPS) is 14.4. The standard InChI is InChI=1S/C28H27BS3/c1-14-20-13-21-15(2)27(31)28(32)25(29)23(21)24(20)26(30)16(3)22(14)19-11-7-10-18(12-19)17-8-5-4-6-9-17/h4-5,7-8,10-12,30-32H,6,9,13,29H2,1-3H3. The van der Waals surface area contributed by atoms with Crippen molar-refractivity contribution in [1.29, 1.82) is 0 Å². The third kappa shape index (κ3) is 3.26. The highest BCUT2D eigenvalue weighted by Crippen LogP contribution is 2.49. The van der Waals surface area contributed by atoms with E-state index in [1.54, 1.807) is 0 Å². The highest BCUT2D eigenvalue weighted by Gasteiger charge is 2.30. The minimum Gasteiger partial charge on any atom is -0.143 e. The third-order valence-corrected chi connectivity index (χ3v) is 9.15. The summed E-state index contributed by atoms with van der Waals surface area (Å²) in [5, 5.41) is 0. The van der Waals surface area contributed by atoms with Crippen LogP contribution in [0.2, 0.25) is 0 Å². The third-order valence-electron chi connectivity index (χ3n) is 7.30. The maximum atomic E-state index is 5.10. The summed E-state index contributed by atoms with van der Waals surface area (Å²) in [6.07, 6.45) is 9.82. The van der Waals surface area contributed by atoms with E-state index in [-0.39, 0.29) is 0 Å². The van der Waals surface area contributed by atoms with Gasteiger partial charge in [-0.2, -0.15) is 0 Å². The predicted molar refractivity (Wildman–Crippen MR) is 151 cm³/mol. The molecule has 0 aromatic heterocycles. The summed E-state index contributed by atoms with van der Waals surface area (Å²) in [6.45, 7) is 6.67. The van der Waals surface area contributed by atoms with E-state index in [9.17, 15) is 0 Å². The molecule has 0 bridgehead atoms. The van der Waals surface area contributed by atoms with Crippen molar-refractivity contribution in [3.8, 4) is 22.3 Å². The quantitative estimate of drug-likeness (QED) is 0.211. The Morgan fingerprint density at radius 1 is 0.781 bits per heavy atom. The summed E-state index contributed by atoms with van der Waals surface area (Å²) in [6, 6.07) is 9.03. The van der Waals surface area contributed by atoms with Gasteiger partial charge in [-0.05, 0) is 107 Å². The molecule has 0 heterocycles. The van der Waals surface area contributed by atoms with Gasteiger partial charge in [-0.3, -0.25) is 0 Å². The number of hydrogen-bond acceptors (Lipinski definition) is 3. The fourth-order valence-electron chi connectivity index (χ4n) is 5.48. The van der Waals surface area contributed by atoms with E-state index in [4.69, 9.17) is 37.9 Å². The van der Waals surface area contributed by atoms with Gasteiger partial charge in [-0.25, -0.2) is 0 Å². The number of rotatable bonds is 2. The fraction of sp³-hybridized carbons (Fsp3) is 0.214. The van der Waals surface area contributed by atoms with Crippen molar-refractivity contribution in [2.24, 2.45) is 0 Å². The van der Waals surface area contributed by atoms with Crippen LogP contribution in [0, 0.1) is 20.8 Å². The second kappa shape index (κ2) is 8.24. The highest BCUT2D eigenvalue weighted by atomic mass is 32.1. The van der Waals surface area contributed by atoms with E-state index >= 15 is 0 Å². The first kappa shape index (κ1) is 22.1. The number of fused-ring (bicyclic) bond motifs is 3. The Morgan fingerprint density at radius 2 is 1.50 bits per heavy atom. The van der Waals surface area contributed by atoms with Gasteiger partial charge in [0.05, 0.1) is 0 Å². The van der Waals surface area contributed by atoms with E-state index in [0.29, 0.717) is 0 Å². The molecule has 32 heavy (non-hydrogen) atoms. The van der Waals surface area contributed by atoms with Gasteiger partial charge in [0.2, 0.25) is 0 Å². The Labute approximate surface area is 208 Å². The van der Waals surface area contributed by atoms with Crippen LogP contribution in [-0.2, 0) is 6.42 Å². The molecule has 0 amide bonds. The van der Waals surface area contributed by atoms with Crippen LogP contribution in [0.3, 0.4) is 0 Å². The Kier molecular flexibility index (Phi) is 5.68. The molecule has 160 valence electrons. The van der Waals surface area contributed by atoms with Gasteiger partial charge in [-0.1, -0.05) is 41.9 Å². The van der Waals surface area contributed by atoms with Gasteiger partial charge in [0.25, 0.3) is 0 Å². The summed E-state index contributed by atoms with van der Waals surface area (Å²) < 4.78 is 0. The molecule has 0 saturated heterocycles. The van der Waals surface area contributed by atoms with Crippen LogP contribution < -0.4 is 5.46 Å². The van der Waals surface area contributed by atoms with Crippen molar-refractivity contribution in [3.05, 3.63) is 75.9 Å². The molecule has 0 nitrogen and oxygen atoms in total. The Bertz CT molecular complexity index is 1360. The topological polar surface area (TPSA) is 0 Å². The number of benzene rings is 3. The molecule has 0 fully saturated rings. The van der Waals surface area contributed by atoms with Crippen molar-refractivity contribution < 1.29 is 0 Å². The Hall–Kier alpha value is -1.75. The van der Waals surface area contributed by atoms with Crippen molar-refractivity contribution in [2.45, 2.75) is 54.7 Å². The smallest absolute Gasteiger partial charge is 0.141 e. The zero-order valence-corrected chi connectivity index (χ0v) is 21.7. The summed E-state index contributed by atoms with van der Waals surface area (Å²) >= 11 is 14.6. The lowest BCUT2D eigenvalue weighted by Crippen LogP contribution is -2.13. The van der Waals surface area contributed by atoms with Gasteiger partial charge in [0.1, 0.15) is 7.85 Å². The molecule has 2 aliphatic rings. The van der Waals surface area contributed by atoms with E-state index in [1.165, 1.54) is 66.7 Å². The van der Waals surface area contributed by atoms with Gasteiger partial charge in [0.15, 0.2) is 0 Å². The first-order valence-corrected chi connectivity index (χ1v) is 12.5. The van der Waals surface area contributed by atoms with Gasteiger partial charge >= 0.3 is 0 Å². The van der Waals surface area contributed by atoms with Crippen LogP contribution in [-0.4, -0.2) is 7.85 Å². The molecule has 0 aliphatic heterocycles. The molecule has 2 aliphatic carbocycles. The molecule has 0 N–H and O–H groups in total. The zero-order chi connectivity index (χ0) is 22.7. The summed E-state index contributed by atoms with van der Waals surface area (Å²) in [5.41, 5.74) is 15.8. The van der Waals surface area contributed by atoms with Crippen molar-refractivity contribution in [3.63, 3.8) is 0 Å². The molecule has 0 radical (unpaired) electrons. The molecule has 0 atom stereocenters. The first-order valence-electron chi connectivity index (χ1n) is 11.2. The lowest BCUT2D eigenvalue weighted by molar-refractivity contribution is 1.05. The number of allylic oxidation sites excluding steroid dienone is 4. The van der Waals surface area contributed by atoms with Crippen LogP contribution >= 0.6 is 37.9 Å². The minimum atomic E-state index is 0.932. The maximum Gasteiger partial charge on any atom is 0.141 e. The molecule has 0 saturated carbocycles. The molecule has 3 aromatic rings. The number of hydrogen-bond donors (Lipinski definition) is 3. The minimum absolute atomic E-state index is 0.932. The van der Waals surface area contributed by atoms with Crippen LogP contribution in [0.25, 0.3) is 27.8 Å². The van der Waals surface area contributed by atoms with Crippen LogP contribution in [0.15, 0.2) is 57.2 Å². The molecular formula is C28H27BS3. The SMILES string of the molecule is Bc1c(S)c(S)c(C)c2c1-c1c(S)c(C)c(-c3cccc(C4=CC=CCC4)c3)c(C)c1C2. The van der Waals surface area contributed by atoms with Crippen molar-refractivity contribution >= 4 is 56.8 Å². The van der Waals surface area contributed by atoms with Gasteiger partial charge < -0.3 is 0 Å². The second-order valence-corrected chi connectivity index (χ2v) is 10.4. The van der Waals surface area contributed by atoms with Crippen LogP contribution in [0.1, 0.15) is 46.2 Å². The summed E-state index contributed by atoms with van der Waals surface area (Å²) in [7, 11) is 2.16.